The molecular weight excluding hydrogens is 406 g/mol. The maximum absolute atomic E-state index is 13.2. The molecule has 3 rings (SSSR count). The number of ether oxygens (including phenoxy) is 2. The number of amides is 3. The van der Waals surface area contributed by atoms with Gasteiger partial charge in [0.25, 0.3) is 0 Å². The monoisotopic (exact) mass is 431 g/mol. The van der Waals surface area contributed by atoms with E-state index in [2.05, 4.69) is 10.6 Å². The molecule has 0 fully saturated rings. The number of anilines is 2. The number of carbonyl (C=O) groups excluding carboxylic acids is 2. The fraction of sp³-hybridized carbons (Fsp3) is 0.364. The molecule has 160 valence electrons. The number of methoxy groups -OCH3 is 2. The highest BCUT2D eigenvalue weighted by molar-refractivity contribution is 6.32. The van der Waals surface area contributed by atoms with Crippen LogP contribution in [-0.2, 0) is 11.2 Å². The van der Waals surface area contributed by atoms with Gasteiger partial charge in [-0.1, -0.05) is 43.6 Å². The Hall–Kier alpha value is -2.93. The summed E-state index contributed by atoms with van der Waals surface area (Å²) in [7, 11) is 2.98. The van der Waals surface area contributed by atoms with Crippen LogP contribution >= 0.6 is 11.6 Å². The Balaban J connectivity index is 1.75. The molecule has 0 aromatic heterocycles. The van der Waals surface area contributed by atoms with Gasteiger partial charge in [0, 0.05) is 18.3 Å². The Morgan fingerprint density at radius 2 is 1.80 bits per heavy atom. The van der Waals surface area contributed by atoms with Gasteiger partial charge in [-0.25, -0.2) is 4.79 Å². The predicted molar refractivity (Wildman–Crippen MR) is 118 cm³/mol. The van der Waals surface area contributed by atoms with Crippen LogP contribution in [0, 0.1) is 5.92 Å². The third-order valence-electron chi connectivity index (χ3n) is 5.09. The number of rotatable bonds is 6. The zero-order valence-corrected chi connectivity index (χ0v) is 18.2. The highest BCUT2D eigenvalue weighted by Gasteiger charge is 2.33. The number of hydrogen-bond donors (Lipinski definition) is 2. The molecule has 0 bridgehead atoms. The van der Waals surface area contributed by atoms with Crippen molar-refractivity contribution in [1.29, 1.82) is 0 Å². The van der Waals surface area contributed by atoms with Crippen molar-refractivity contribution in [3.05, 3.63) is 47.0 Å². The lowest BCUT2D eigenvalue weighted by atomic mass is 10.0. The Labute approximate surface area is 181 Å². The van der Waals surface area contributed by atoms with Crippen LogP contribution in [-0.4, -0.2) is 38.7 Å². The van der Waals surface area contributed by atoms with Crippen LogP contribution in [0.5, 0.6) is 11.5 Å². The Kier molecular flexibility index (Phi) is 6.72. The zero-order valence-electron chi connectivity index (χ0n) is 17.5. The molecule has 1 heterocycles. The van der Waals surface area contributed by atoms with E-state index in [1.165, 1.54) is 14.2 Å². The molecule has 1 unspecified atom stereocenters. The first kappa shape index (κ1) is 21.8. The second-order valence-corrected chi connectivity index (χ2v) is 7.78. The van der Waals surface area contributed by atoms with Gasteiger partial charge in [-0.05, 0) is 30.0 Å². The molecule has 2 aromatic carbocycles. The van der Waals surface area contributed by atoms with Crippen molar-refractivity contribution in [1.82, 2.24) is 5.32 Å². The van der Waals surface area contributed by atoms with Gasteiger partial charge in [-0.2, -0.15) is 0 Å². The number of carbonyl (C=O) groups is 2. The van der Waals surface area contributed by atoms with E-state index in [1.807, 2.05) is 38.1 Å². The lowest BCUT2D eigenvalue weighted by Gasteiger charge is -2.27. The molecule has 3 amide bonds. The van der Waals surface area contributed by atoms with Crippen LogP contribution in [0.15, 0.2) is 36.4 Å². The number of urea groups is 1. The fourth-order valence-corrected chi connectivity index (χ4v) is 3.75. The predicted octanol–water partition coefficient (Wildman–Crippen LogP) is 4.09. The van der Waals surface area contributed by atoms with E-state index in [1.54, 1.807) is 17.0 Å². The van der Waals surface area contributed by atoms with Crippen molar-refractivity contribution in [2.24, 2.45) is 5.92 Å². The molecule has 0 radical (unpaired) electrons. The molecule has 0 saturated heterocycles. The van der Waals surface area contributed by atoms with E-state index in [0.717, 1.165) is 17.7 Å². The first-order valence-electron chi connectivity index (χ1n) is 9.74. The van der Waals surface area contributed by atoms with Gasteiger partial charge in [0.15, 0.2) is 0 Å². The summed E-state index contributed by atoms with van der Waals surface area (Å²) >= 11 is 6.17. The smallest absolute Gasteiger partial charge is 0.320 e. The van der Waals surface area contributed by atoms with Crippen molar-refractivity contribution in [2.75, 3.05) is 31.0 Å². The van der Waals surface area contributed by atoms with Crippen LogP contribution in [0.25, 0.3) is 0 Å². The molecule has 0 saturated carbocycles. The molecule has 7 nitrogen and oxygen atoms in total. The van der Waals surface area contributed by atoms with Gasteiger partial charge < -0.3 is 25.0 Å². The van der Waals surface area contributed by atoms with E-state index in [-0.39, 0.29) is 11.8 Å². The summed E-state index contributed by atoms with van der Waals surface area (Å²) in [5.41, 5.74) is 2.41. The summed E-state index contributed by atoms with van der Waals surface area (Å²) < 4.78 is 10.5. The molecule has 0 spiro atoms. The minimum Gasteiger partial charge on any atom is -0.495 e. The van der Waals surface area contributed by atoms with Gasteiger partial charge in [-0.3, -0.25) is 4.79 Å². The number of para-hydroxylation sites is 1. The normalized spacial score (nSPS) is 13.6. The van der Waals surface area contributed by atoms with Crippen molar-refractivity contribution in [2.45, 2.75) is 26.3 Å². The van der Waals surface area contributed by atoms with Crippen LogP contribution in [0.1, 0.15) is 19.4 Å². The highest BCUT2D eigenvalue weighted by atomic mass is 35.5. The third kappa shape index (κ3) is 4.46. The zero-order chi connectivity index (χ0) is 21.8. The Morgan fingerprint density at radius 1 is 1.10 bits per heavy atom. The highest BCUT2D eigenvalue weighted by Crippen LogP contribution is 2.36. The third-order valence-corrected chi connectivity index (χ3v) is 5.39. The fourth-order valence-electron chi connectivity index (χ4n) is 3.51. The molecule has 2 N–H and O–H groups in total. The molecule has 2 aromatic rings. The maximum Gasteiger partial charge on any atom is 0.320 e. The van der Waals surface area contributed by atoms with Crippen LogP contribution < -0.4 is 25.0 Å². The standard InChI is InChI=1S/C22H26ClN3O4/c1-13(2)20(21(27)26-10-9-14-7-5-6-8-17(14)26)25-22(28)24-16-11-15(23)18(29-3)12-19(16)30-4/h5-8,11-13,20H,9-10H2,1-4H3,(H2,24,25,28). The average molecular weight is 432 g/mol. The maximum atomic E-state index is 13.2. The van der Waals surface area contributed by atoms with E-state index in [4.69, 9.17) is 21.1 Å². The van der Waals surface area contributed by atoms with Crippen molar-refractivity contribution in [3.8, 4) is 11.5 Å². The second-order valence-electron chi connectivity index (χ2n) is 7.38. The van der Waals surface area contributed by atoms with Crippen LogP contribution in [0.2, 0.25) is 5.02 Å². The molecule has 1 atom stereocenters. The minimum atomic E-state index is -0.684. The lowest BCUT2D eigenvalue weighted by Crippen LogP contribution is -2.52. The number of halogens is 1. The van der Waals surface area contributed by atoms with E-state index in [9.17, 15) is 9.59 Å². The first-order chi connectivity index (χ1) is 14.3. The number of nitrogens with zero attached hydrogens (tertiary/aromatic N) is 1. The van der Waals surface area contributed by atoms with E-state index < -0.39 is 12.1 Å². The number of benzene rings is 2. The van der Waals surface area contributed by atoms with Gasteiger partial charge >= 0.3 is 6.03 Å². The summed E-state index contributed by atoms with van der Waals surface area (Å²) in [6.07, 6.45) is 0.806. The molecule has 8 heteroatoms. The Bertz CT molecular complexity index is 948. The SMILES string of the molecule is COc1cc(OC)c(NC(=O)NC(C(=O)N2CCc3ccccc32)C(C)C)cc1Cl. The number of nitrogens with one attached hydrogen (secondary N) is 2. The summed E-state index contributed by atoms with van der Waals surface area (Å²) in [5.74, 6) is 0.594. The van der Waals surface area contributed by atoms with Crippen LogP contribution in [0.4, 0.5) is 16.2 Å². The van der Waals surface area contributed by atoms with E-state index >= 15 is 0 Å². The van der Waals surface area contributed by atoms with Gasteiger partial charge in [0.05, 0.1) is 24.9 Å². The number of hydrogen-bond acceptors (Lipinski definition) is 4. The molecule has 30 heavy (non-hydrogen) atoms. The summed E-state index contributed by atoms with van der Waals surface area (Å²) in [5, 5.41) is 5.85. The Morgan fingerprint density at radius 3 is 2.47 bits per heavy atom. The minimum absolute atomic E-state index is 0.0997. The molecule has 1 aliphatic rings. The summed E-state index contributed by atoms with van der Waals surface area (Å²) in [4.78, 5) is 27.7. The summed E-state index contributed by atoms with van der Waals surface area (Å²) in [6, 6.07) is 9.76. The van der Waals surface area contributed by atoms with Crippen molar-refractivity contribution < 1.29 is 19.1 Å². The topological polar surface area (TPSA) is 79.9 Å². The summed E-state index contributed by atoms with van der Waals surface area (Å²) in [6.45, 7) is 4.40. The number of fused-ring (bicyclic) bond motifs is 1. The van der Waals surface area contributed by atoms with Crippen LogP contribution in [0.3, 0.4) is 0 Å². The quantitative estimate of drug-likeness (QED) is 0.721. The first-order valence-corrected chi connectivity index (χ1v) is 10.1. The molecule has 0 aliphatic carbocycles. The average Bonchev–Trinajstić information content (AvgIpc) is 3.15. The van der Waals surface area contributed by atoms with Gasteiger partial charge in [0.1, 0.15) is 17.5 Å². The lowest BCUT2D eigenvalue weighted by molar-refractivity contribution is -0.121. The largest absolute Gasteiger partial charge is 0.495 e. The van der Waals surface area contributed by atoms with Gasteiger partial charge in [0.2, 0.25) is 5.91 Å². The molecular formula is C22H26ClN3O4. The van der Waals surface area contributed by atoms with Crippen molar-refractivity contribution in [3.63, 3.8) is 0 Å². The van der Waals surface area contributed by atoms with E-state index in [0.29, 0.717) is 28.8 Å². The second kappa shape index (κ2) is 9.26. The van der Waals surface area contributed by atoms with Gasteiger partial charge in [-0.15, -0.1) is 0 Å². The van der Waals surface area contributed by atoms with Crippen molar-refractivity contribution >= 4 is 34.9 Å². The molecule has 1 aliphatic heterocycles.